The SMILES string of the molecule is CC(=O)c1ccc(-c2ccnc3[nH]c(-c4n[nH]c5ccc(-c6cncc(NC(=O)C7CCCC7)c6)cc45)nc23)s1. The standard InChI is InChI=1S/C30H25N7O2S/c1-16(38)24-8-9-25(40-24)21-10-11-32-28-26(21)34-29(35-28)27-22-13-18(6-7-23(22)36-37-27)19-12-20(15-31-14-19)33-30(39)17-4-2-3-5-17/h6-15,17H,2-5H2,1H3,(H,33,39)(H,36,37)(H,32,34,35). The van der Waals surface area contributed by atoms with E-state index in [9.17, 15) is 9.59 Å². The summed E-state index contributed by atoms with van der Waals surface area (Å²) in [6, 6.07) is 13.7. The highest BCUT2D eigenvalue weighted by Crippen LogP contribution is 2.35. The Morgan fingerprint density at radius 3 is 2.73 bits per heavy atom. The third-order valence-corrected chi connectivity index (χ3v) is 8.67. The van der Waals surface area contributed by atoms with E-state index in [0.717, 1.165) is 63.7 Å². The highest BCUT2D eigenvalue weighted by atomic mass is 32.1. The minimum atomic E-state index is 0.0417. The first-order chi connectivity index (χ1) is 19.5. The first kappa shape index (κ1) is 24.3. The Hall–Kier alpha value is -4.70. The van der Waals surface area contributed by atoms with Gasteiger partial charge in [-0.3, -0.25) is 19.7 Å². The number of aromatic nitrogens is 6. The molecule has 1 aliphatic rings. The van der Waals surface area contributed by atoms with E-state index in [0.29, 0.717) is 27.7 Å². The van der Waals surface area contributed by atoms with Crippen molar-refractivity contribution in [1.82, 2.24) is 30.1 Å². The Balaban J connectivity index is 1.24. The van der Waals surface area contributed by atoms with Crippen LogP contribution < -0.4 is 5.32 Å². The third-order valence-electron chi connectivity index (χ3n) is 7.46. The fourth-order valence-corrected chi connectivity index (χ4v) is 6.29. The summed E-state index contributed by atoms with van der Waals surface area (Å²) in [5, 5.41) is 11.6. The van der Waals surface area contributed by atoms with Gasteiger partial charge in [0, 0.05) is 39.7 Å². The van der Waals surface area contributed by atoms with Crippen molar-refractivity contribution >= 4 is 50.8 Å². The van der Waals surface area contributed by atoms with Gasteiger partial charge >= 0.3 is 0 Å². The topological polar surface area (TPSA) is 129 Å². The monoisotopic (exact) mass is 547 g/mol. The molecule has 0 unspecified atom stereocenters. The Morgan fingerprint density at radius 1 is 1.02 bits per heavy atom. The fraction of sp³-hybridized carbons (Fsp3) is 0.200. The average Bonchev–Trinajstić information content (AvgIpc) is 3.78. The zero-order chi connectivity index (χ0) is 27.2. The zero-order valence-corrected chi connectivity index (χ0v) is 22.5. The molecule has 0 aliphatic heterocycles. The third kappa shape index (κ3) is 4.36. The molecular formula is C30H25N7O2S. The maximum atomic E-state index is 12.6. The van der Waals surface area contributed by atoms with Crippen molar-refractivity contribution in [1.29, 1.82) is 0 Å². The Morgan fingerprint density at radius 2 is 1.90 bits per heavy atom. The van der Waals surface area contributed by atoms with Crippen LogP contribution in [0, 0.1) is 5.92 Å². The smallest absolute Gasteiger partial charge is 0.227 e. The maximum absolute atomic E-state index is 12.6. The summed E-state index contributed by atoms with van der Waals surface area (Å²) in [6.45, 7) is 1.57. The normalized spacial score (nSPS) is 13.8. The minimum Gasteiger partial charge on any atom is -0.324 e. The van der Waals surface area contributed by atoms with E-state index >= 15 is 0 Å². The molecule has 1 fully saturated rings. The molecule has 0 radical (unpaired) electrons. The zero-order valence-electron chi connectivity index (χ0n) is 21.7. The first-order valence-corrected chi connectivity index (χ1v) is 14.1. The predicted molar refractivity (Wildman–Crippen MR) is 156 cm³/mol. The number of ketones is 1. The van der Waals surface area contributed by atoms with E-state index in [4.69, 9.17) is 4.98 Å². The van der Waals surface area contributed by atoms with Crippen LogP contribution >= 0.6 is 11.3 Å². The molecule has 1 amide bonds. The van der Waals surface area contributed by atoms with Gasteiger partial charge in [0.2, 0.25) is 5.91 Å². The Bertz CT molecular complexity index is 1910. The molecule has 9 nitrogen and oxygen atoms in total. The lowest BCUT2D eigenvalue weighted by Crippen LogP contribution is -2.20. The van der Waals surface area contributed by atoms with Gasteiger partial charge in [0.25, 0.3) is 0 Å². The number of anilines is 1. The summed E-state index contributed by atoms with van der Waals surface area (Å²) < 4.78 is 0. The van der Waals surface area contributed by atoms with Gasteiger partial charge in [0.15, 0.2) is 17.3 Å². The molecule has 0 spiro atoms. The molecule has 5 heterocycles. The number of thiophene rings is 1. The van der Waals surface area contributed by atoms with Crippen molar-refractivity contribution < 1.29 is 9.59 Å². The number of amides is 1. The van der Waals surface area contributed by atoms with E-state index < -0.39 is 0 Å². The second kappa shape index (κ2) is 9.80. The minimum absolute atomic E-state index is 0.0417. The molecule has 198 valence electrons. The van der Waals surface area contributed by atoms with Crippen LogP contribution in [0.1, 0.15) is 42.3 Å². The molecule has 5 aromatic heterocycles. The lowest BCUT2D eigenvalue weighted by Gasteiger charge is -2.11. The molecule has 1 saturated carbocycles. The number of hydrogen-bond acceptors (Lipinski definition) is 7. The van der Waals surface area contributed by atoms with Gasteiger partial charge in [-0.25, -0.2) is 9.97 Å². The first-order valence-electron chi connectivity index (χ1n) is 13.2. The number of carbonyl (C=O) groups excluding carboxylic acids is 2. The summed E-state index contributed by atoms with van der Waals surface area (Å²) in [4.78, 5) is 43.2. The lowest BCUT2D eigenvalue weighted by atomic mass is 10.0. The molecule has 7 rings (SSSR count). The molecule has 3 N–H and O–H groups in total. The second-order valence-electron chi connectivity index (χ2n) is 10.1. The van der Waals surface area contributed by atoms with Crippen molar-refractivity contribution in [2.24, 2.45) is 5.92 Å². The average molecular weight is 548 g/mol. The second-order valence-corrected chi connectivity index (χ2v) is 11.2. The molecule has 0 bridgehead atoms. The van der Waals surface area contributed by atoms with Crippen molar-refractivity contribution in [2.45, 2.75) is 32.6 Å². The number of imidazole rings is 1. The number of nitrogens with one attached hydrogen (secondary N) is 3. The molecule has 1 aliphatic carbocycles. The van der Waals surface area contributed by atoms with E-state index in [2.05, 4.69) is 30.5 Å². The number of hydrogen-bond donors (Lipinski definition) is 3. The quantitative estimate of drug-likeness (QED) is 0.201. The lowest BCUT2D eigenvalue weighted by molar-refractivity contribution is -0.119. The molecule has 10 heteroatoms. The predicted octanol–water partition coefficient (Wildman–Crippen LogP) is 6.62. The van der Waals surface area contributed by atoms with Gasteiger partial charge in [-0.15, -0.1) is 11.3 Å². The van der Waals surface area contributed by atoms with Crippen LogP contribution in [0.25, 0.3) is 55.2 Å². The van der Waals surface area contributed by atoms with Crippen molar-refractivity contribution in [3.63, 3.8) is 0 Å². The number of benzene rings is 1. The number of carbonyl (C=O) groups is 2. The van der Waals surface area contributed by atoms with Crippen LogP contribution in [0.2, 0.25) is 0 Å². The summed E-state index contributed by atoms with van der Waals surface area (Å²) in [6.07, 6.45) is 9.33. The van der Waals surface area contributed by atoms with E-state index in [1.165, 1.54) is 11.3 Å². The highest BCUT2D eigenvalue weighted by molar-refractivity contribution is 7.17. The highest BCUT2D eigenvalue weighted by Gasteiger charge is 2.23. The Kier molecular flexibility index (Phi) is 5.96. The molecule has 6 aromatic rings. The molecule has 0 atom stereocenters. The number of fused-ring (bicyclic) bond motifs is 2. The van der Waals surface area contributed by atoms with Gasteiger partial charge in [-0.05, 0) is 61.7 Å². The van der Waals surface area contributed by atoms with Crippen LogP contribution in [0.15, 0.2) is 61.1 Å². The number of pyridine rings is 2. The molecule has 0 saturated heterocycles. The van der Waals surface area contributed by atoms with E-state index in [-0.39, 0.29) is 17.6 Å². The van der Waals surface area contributed by atoms with Gasteiger partial charge in [-0.1, -0.05) is 18.9 Å². The number of aromatic amines is 2. The summed E-state index contributed by atoms with van der Waals surface area (Å²) in [7, 11) is 0. The van der Waals surface area contributed by atoms with Crippen molar-refractivity contribution in [3.8, 4) is 33.1 Å². The van der Waals surface area contributed by atoms with Crippen LogP contribution in [0.3, 0.4) is 0 Å². The van der Waals surface area contributed by atoms with Crippen LogP contribution in [-0.2, 0) is 4.79 Å². The van der Waals surface area contributed by atoms with E-state index in [1.54, 1.807) is 25.5 Å². The Labute approximate surface area is 233 Å². The van der Waals surface area contributed by atoms with Gasteiger partial charge in [-0.2, -0.15) is 5.10 Å². The summed E-state index contributed by atoms with van der Waals surface area (Å²) in [5.74, 6) is 0.794. The summed E-state index contributed by atoms with van der Waals surface area (Å²) in [5.41, 5.74) is 6.36. The van der Waals surface area contributed by atoms with Crippen molar-refractivity contribution in [2.75, 3.05) is 5.32 Å². The maximum Gasteiger partial charge on any atom is 0.227 e. The van der Waals surface area contributed by atoms with Crippen LogP contribution in [0.5, 0.6) is 0 Å². The van der Waals surface area contributed by atoms with E-state index in [1.807, 2.05) is 42.5 Å². The number of Topliss-reactive ketones (excluding diaryl/α,β-unsaturated/α-hetero) is 1. The number of nitrogens with zero attached hydrogens (tertiary/aromatic N) is 4. The molecular weight excluding hydrogens is 522 g/mol. The fourth-order valence-electron chi connectivity index (χ4n) is 5.37. The van der Waals surface area contributed by atoms with Gasteiger partial charge in [0.05, 0.1) is 22.3 Å². The number of rotatable bonds is 6. The largest absolute Gasteiger partial charge is 0.324 e. The van der Waals surface area contributed by atoms with Crippen LogP contribution in [0.4, 0.5) is 5.69 Å². The van der Waals surface area contributed by atoms with Crippen molar-refractivity contribution in [3.05, 3.63) is 65.9 Å². The molecule has 1 aromatic carbocycles. The van der Waals surface area contributed by atoms with Crippen LogP contribution in [-0.4, -0.2) is 41.8 Å². The molecule has 40 heavy (non-hydrogen) atoms. The number of H-pyrrole nitrogens is 2. The summed E-state index contributed by atoms with van der Waals surface area (Å²) >= 11 is 1.44. The van der Waals surface area contributed by atoms with Gasteiger partial charge in [0.1, 0.15) is 11.2 Å². The van der Waals surface area contributed by atoms with Gasteiger partial charge < -0.3 is 10.3 Å².